The molecule has 0 unspecified atom stereocenters. The Labute approximate surface area is 140 Å². The van der Waals surface area contributed by atoms with E-state index in [4.69, 9.17) is 17.3 Å². The van der Waals surface area contributed by atoms with E-state index in [0.717, 1.165) is 12.3 Å². The molecule has 0 aliphatic carbocycles. The minimum Gasteiger partial charge on any atom is -0.507 e. The Morgan fingerprint density at radius 3 is 2.75 bits per heavy atom. The second-order valence-corrected chi connectivity index (χ2v) is 5.05. The van der Waals surface area contributed by atoms with E-state index in [1.807, 2.05) is 0 Å². The van der Waals surface area contributed by atoms with Gasteiger partial charge in [0.2, 0.25) is 5.88 Å². The molecule has 0 radical (unpaired) electrons. The summed E-state index contributed by atoms with van der Waals surface area (Å²) in [7, 11) is 0. The van der Waals surface area contributed by atoms with Crippen LogP contribution in [0.25, 0.3) is 0 Å². The molecule has 0 amide bonds. The first-order valence-electron chi connectivity index (χ1n) is 6.62. The first-order valence-corrected chi connectivity index (χ1v) is 7.03. The molecule has 0 spiro atoms. The minimum atomic E-state index is -1.32. The maximum Gasteiger partial charge on any atom is 0.339 e. The highest BCUT2D eigenvalue weighted by Crippen LogP contribution is 2.23. The SMILES string of the molecule is C=CCn1c(O)c(C=Nc2ccc(O)c(C(=O)O)c2)c(=O)[nH]c1=S. The zero-order valence-electron chi connectivity index (χ0n) is 12.3. The first kappa shape index (κ1) is 17.2. The molecule has 1 heterocycles. The molecule has 0 fully saturated rings. The smallest absolute Gasteiger partial charge is 0.339 e. The van der Waals surface area contributed by atoms with E-state index in [1.54, 1.807) is 0 Å². The summed E-state index contributed by atoms with van der Waals surface area (Å²) in [6.45, 7) is 3.72. The molecule has 0 saturated carbocycles. The molecule has 0 saturated heterocycles. The topological polar surface area (TPSA) is 128 Å². The average Bonchev–Trinajstić information content (AvgIpc) is 2.52. The third kappa shape index (κ3) is 3.41. The number of nitrogens with one attached hydrogen (secondary N) is 1. The summed E-state index contributed by atoms with van der Waals surface area (Å²) in [5.74, 6) is -2.10. The summed E-state index contributed by atoms with van der Waals surface area (Å²) in [6, 6.07) is 3.67. The van der Waals surface area contributed by atoms with Gasteiger partial charge in [-0.05, 0) is 30.4 Å². The van der Waals surface area contributed by atoms with Gasteiger partial charge in [-0.2, -0.15) is 0 Å². The Hall–Kier alpha value is -3.20. The molecule has 0 bridgehead atoms. The Bertz CT molecular complexity index is 959. The summed E-state index contributed by atoms with van der Waals surface area (Å²) in [4.78, 5) is 29.3. The maximum absolute atomic E-state index is 11.9. The molecule has 2 aromatic rings. The summed E-state index contributed by atoms with van der Waals surface area (Å²) in [5.41, 5.74) is -0.929. The number of hydrogen-bond donors (Lipinski definition) is 4. The molecule has 9 heteroatoms. The van der Waals surface area contributed by atoms with Gasteiger partial charge in [0.1, 0.15) is 16.9 Å². The lowest BCUT2D eigenvalue weighted by molar-refractivity contribution is 0.0693. The summed E-state index contributed by atoms with van der Waals surface area (Å²) in [5, 5.41) is 28.6. The van der Waals surface area contributed by atoms with Crippen molar-refractivity contribution in [3.05, 3.63) is 57.1 Å². The number of H-pyrrole nitrogens is 1. The second kappa shape index (κ2) is 6.92. The highest BCUT2D eigenvalue weighted by Gasteiger charge is 2.12. The van der Waals surface area contributed by atoms with Crippen molar-refractivity contribution in [3.63, 3.8) is 0 Å². The highest BCUT2D eigenvalue weighted by molar-refractivity contribution is 7.71. The van der Waals surface area contributed by atoms with Gasteiger partial charge in [0, 0.05) is 12.8 Å². The number of phenols is 1. The van der Waals surface area contributed by atoms with Crippen LogP contribution in [0.15, 0.2) is 40.6 Å². The molecule has 24 heavy (non-hydrogen) atoms. The van der Waals surface area contributed by atoms with E-state index in [0.29, 0.717) is 0 Å². The Morgan fingerprint density at radius 2 is 2.12 bits per heavy atom. The number of aromatic carboxylic acids is 1. The van der Waals surface area contributed by atoms with Crippen LogP contribution in [0, 0.1) is 4.77 Å². The van der Waals surface area contributed by atoms with Crippen LogP contribution in [0.2, 0.25) is 0 Å². The molecule has 1 aromatic carbocycles. The molecular weight excluding hydrogens is 334 g/mol. The van der Waals surface area contributed by atoms with Crippen LogP contribution in [-0.4, -0.2) is 37.1 Å². The molecule has 0 aliphatic rings. The predicted octanol–water partition coefficient (Wildman–Crippen LogP) is 1.95. The lowest BCUT2D eigenvalue weighted by Crippen LogP contribution is -2.18. The van der Waals surface area contributed by atoms with Gasteiger partial charge in [0.15, 0.2) is 4.77 Å². The van der Waals surface area contributed by atoms with Gasteiger partial charge in [-0.3, -0.25) is 19.3 Å². The van der Waals surface area contributed by atoms with Crippen molar-refractivity contribution in [3.8, 4) is 11.6 Å². The molecule has 2 rings (SSSR count). The van der Waals surface area contributed by atoms with E-state index >= 15 is 0 Å². The number of aromatic amines is 1. The molecular formula is C15H13N3O5S. The largest absolute Gasteiger partial charge is 0.507 e. The molecule has 8 nitrogen and oxygen atoms in total. The van der Waals surface area contributed by atoms with Gasteiger partial charge >= 0.3 is 5.97 Å². The first-order chi connectivity index (χ1) is 11.3. The third-order valence-electron chi connectivity index (χ3n) is 3.07. The number of nitrogens with zero attached hydrogens (tertiary/aromatic N) is 2. The van der Waals surface area contributed by atoms with Crippen LogP contribution in [0.5, 0.6) is 11.6 Å². The van der Waals surface area contributed by atoms with Crippen molar-refractivity contribution in [1.82, 2.24) is 9.55 Å². The van der Waals surface area contributed by atoms with Crippen molar-refractivity contribution in [2.75, 3.05) is 0 Å². The minimum absolute atomic E-state index is 0.0346. The number of carboxylic acid groups (broad SMARTS) is 1. The van der Waals surface area contributed by atoms with Gasteiger partial charge in [0.25, 0.3) is 5.56 Å². The van der Waals surface area contributed by atoms with Gasteiger partial charge in [-0.15, -0.1) is 6.58 Å². The van der Waals surface area contributed by atoms with Crippen LogP contribution in [0.3, 0.4) is 0 Å². The molecule has 4 N–H and O–H groups in total. The second-order valence-electron chi connectivity index (χ2n) is 4.66. The van der Waals surface area contributed by atoms with Crippen molar-refractivity contribution in [2.24, 2.45) is 4.99 Å². The number of carbonyl (C=O) groups is 1. The molecule has 1 aromatic heterocycles. The zero-order chi connectivity index (χ0) is 17.9. The fraction of sp³-hybridized carbons (Fsp3) is 0.0667. The van der Waals surface area contributed by atoms with Gasteiger partial charge in [0.05, 0.1) is 5.69 Å². The monoisotopic (exact) mass is 347 g/mol. The standard InChI is InChI=1S/C15H13N3O5S/c1-2-5-18-13(21)10(12(20)17-15(18)24)7-16-8-3-4-11(19)9(6-8)14(22)23/h2-4,6-7,19,21H,1,5H2,(H,22,23)(H,17,20,24). The third-order valence-corrected chi connectivity index (χ3v) is 3.39. The van der Waals surface area contributed by atoms with Gasteiger partial charge in [-0.25, -0.2) is 4.79 Å². The van der Waals surface area contributed by atoms with Crippen LogP contribution >= 0.6 is 12.2 Å². The lowest BCUT2D eigenvalue weighted by atomic mass is 10.2. The lowest BCUT2D eigenvalue weighted by Gasteiger charge is -2.08. The number of carboxylic acids is 1. The van der Waals surface area contributed by atoms with Crippen LogP contribution in [0.1, 0.15) is 15.9 Å². The fourth-order valence-electron chi connectivity index (χ4n) is 1.90. The van der Waals surface area contributed by atoms with E-state index in [-0.39, 0.29) is 34.0 Å². The number of aromatic hydroxyl groups is 2. The number of benzene rings is 1. The number of allylic oxidation sites excluding steroid dienone is 1. The average molecular weight is 347 g/mol. The van der Waals surface area contributed by atoms with Crippen LogP contribution in [-0.2, 0) is 6.54 Å². The van der Waals surface area contributed by atoms with E-state index in [2.05, 4.69) is 16.6 Å². The van der Waals surface area contributed by atoms with Gasteiger partial charge in [-0.1, -0.05) is 6.08 Å². The van der Waals surface area contributed by atoms with Crippen LogP contribution < -0.4 is 5.56 Å². The van der Waals surface area contributed by atoms with Crippen molar-refractivity contribution < 1.29 is 20.1 Å². The Balaban J connectivity index is 2.50. The number of aliphatic imine (C=N–C) groups is 1. The van der Waals surface area contributed by atoms with E-state index < -0.39 is 17.3 Å². The summed E-state index contributed by atoms with van der Waals surface area (Å²) < 4.78 is 1.29. The number of aromatic nitrogens is 2. The number of rotatable bonds is 5. The van der Waals surface area contributed by atoms with Crippen molar-refractivity contribution in [2.45, 2.75) is 6.54 Å². The van der Waals surface area contributed by atoms with E-state index in [1.165, 1.54) is 22.8 Å². The zero-order valence-corrected chi connectivity index (χ0v) is 13.1. The Kier molecular flexibility index (Phi) is 4.95. The van der Waals surface area contributed by atoms with E-state index in [9.17, 15) is 19.8 Å². The van der Waals surface area contributed by atoms with Crippen LogP contribution in [0.4, 0.5) is 5.69 Å². The maximum atomic E-state index is 11.9. The Morgan fingerprint density at radius 1 is 1.42 bits per heavy atom. The predicted molar refractivity (Wildman–Crippen MR) is 90.1 cm³/mol. The molecule has 0 aliphatic heterocycles. The summed E-state index contributed by atoms with van der Waals surface area (Å²) >= 11 is 4.95. The van der Waals surface area contributed by atoms with Crippen molar-refractivity contribution >= 4 is 30.1 Å². The quantitative estimate of drug-likeness (QED) is 0.372. The number of hydrogen-bond acceptors (Lipinski definition) is 6. The normalized spacial score (nSPS) is 10.8. The fourth-order valence-corrected chi connectivity index (χ4v) is 2.16. The molecule has 124 valence electrons. The summed E-state index contributed by atoms with van der Waals surface area (Å²) in [6.07, 6.45) is 2.58. The molecule has 0 atom stereocenters. The highest BCUT2D eigenvalue weighted by atomic mass is 32.1. The van der Waals surface area contributed by atoms with Gasteiger partial charge < -0.3 is 15.3 Å². The van der Waals surface area contributed by atoms with Crippen molar-refractivity contribution in [1.29, 1.82) is 0 Å².